The summed E-state index contributed by atoms with van der Waals surface area (Å²) in [6.45, 7) is 6.54. The summed E-state index contributed by atoms with van der Waals surface area (Å²) in [5, 5.41) is 13.8. The summed E-state index contributed by atoms with van der Waals surface area (Å²) in [5.74, 6) is 0.960. The number of hydrogen-bond acceptors (Lipinski definition) is 7. The van der Waals surface area contributed by atoms with Gasteiger partial charge in [-0.05, 0) is 49.2 Å². The summed E-state index contributed by atoms with van der Waals surface area (Å²) in [6.07, 6.45) is 2.35. The first kappa shape index (κ1) is 21.4. The summed E-state index contributed by atoms with van der Waals surface area (Å²) in [4.78, 5) is 11.0. The van der Waals surface area contributed by atoms with Crippen LogP contribution >= 0.6 is 0 Å². The molecule has 0 radical (unpaired) electrons. The van der Waals surface area contributed by atoms with Gasteiger partial charge >= 0.3 is 0 Å². The van der Waals surface area contributed by atoms with Gasteiger partial charge in [0.15, 0.2) is 0 Å². The molecule has 4 rings (SSSR count). The summed E-state index contributed by atoms with van der Waals surface area (Å²) in [6, 6.07) is 8.49. The molecule has 1 fully saturated rings. The van der Waals surface area contributed by atoms with Crippen LogP contribution in [0.5, 0.6) is 5.75 Å². The van der Waals surface area contributed by atoms with E-state index in [4.69, 9.17) is 9.47 Å². The molecule has 1 aliphatic heterocycles. The van der Waals surface area contributed by atoms with Crippen LogP contribution in [0.25, 0.3) is 10.9 Å². The molecule has 0 unspecified atom stereocenters. The van der Waals surface area contributed by atoms with Gasteiger partial charge in [-0.25, -0.2) is 14.4 Å². The second kappa shape index (κ2) is 10.00. The zero-order valence-corrected chi connectivity index (χ0v) is 17.6. The normalized spacial score (nSPS) is 14.7. The van der Waals surface area contributed by atoms with E-state index in [9.17, 15) is 9.50 Å². The third-order valence-electron chi connectivity index (χ3n) is 5.39. The monoisotopic (exact) mass is 426 g/mol. The maximum atomic E-state index is 13.6. The minimum absolute atomic E-state index is 0.140. The number of benzene rings is 2. The fraction of sp³-hybridized carbons (Fsp3) is 0.391. The molecule has 8 heteroatoms. The number of aliphatic hydroxyl groups is 1. The largest absolute Gasteiger partial charge is 0.493 e. The van der Waals surface area contributed by atoms with E-state index >= 15 is 0 Å². The van der Waals surface area contributed by atoms with E-state index in [1.54, 1.807) is 19.1 Å². The quantitative estimate of drug-likeness (QED) is 0.534. The number of aliphatic hydroxyl groups excluding tert-OH is 1. The third-order valence-corrected chi connectivity index (χ3v) is 5.39. The van der Waals surface area contributed by atoms with Gasteiger partial charge in [-0.2, -0.15) is 0 Å². The fourth-order valence-electron chi connectivity index (χ4n) is 3.64. The molecule has 0 amide bonds. The Morgan fingerprint density at radius 2 is 2.03 bits per heavy atom. The molecule has 2 aromatic carbocycles. The van der Waals surface area contributed by atoms with E-state index in [2.05, 4.69) is 20.2 Å². The molecule has 164 valence electrons. The third kappa shape index (κ3) is 5.28. The molecule has 1 aromatic heterocycles. The van der Waals surface area contributed by atoms with Gasteiger partial charge in [0.05, 0.1) is 31.9 Å². The number of nitrogens with one attached hydrogen (secondary N) is 1. The first-order valence-corrected chi connectivity index (χ1v) is 10.5. The highest BCUT2D eigenvalue weighted by Gasteiger charge is 2.13. The van der Waals surface area contributed by atoms with Crippen molar-refractivity contribution < 1.29 is 19.0 Å². The van der Waals surface area contributed by atoms with Crippen LogP contribution in [0.15, 0.2) is 36.7 Å². The molecule has 31 heavy (non-hydrogen) atoms. The van der Waals surface area contributed by atoms with Gasteiger partial charge in [-0.15, -0.1) is 0 Å². The van der Waals surface area contributed by atoms with Crippen LogP contribution in [-0.4, -0.2) is 59.4 Å². The predicted octanol–water partition coefficient (Wildman–Crippen LogP) is 3.41. The lowest BCUT2D eigenvalue weighted by molar-refractivity contribution is 0.0357. The maximum Gasteiger partial charge on any atom is 0.141 e. The molecule has 7 nitrogen and oxygen atoms in total. The molecule has 0 bridgehead atoms. The van der Waals surface area contributed by atoms with Crippen molar-refractivity contribution in [1.82, 2.24) is 14.9 Å². The Balaban J connectivity index is 1.51. The van der Waals surface area contributed by atoms with Crippen LogP contribution in [0.2, 0.25) is 0 Å². The molecule has 1 saturated heterocycles. The Kier molecular flexibility index (Phi) is 6.91. The standard InChI is InChI=1S/C23H27FN4O3/c1-16-11-18(3-4-20(16)24)27-23-19-13-22(17(14-29)12-21(19)25-15-26-23)31-8-2-5-28-6-9-30-10-7-28/h3-4,11-13,15,29H,2,5-10,14H2,1H3,(H,25,26,27). The molecule has 0 atom stereocenters. The number of anilines is 2. The average molecular weight is 426 g/mol. The highest BCUT2D eigenvalue weighted by molar-refractivity contribution is 5.92. The fourth-order valence-corrected chi connectivity index (χ4v) is 3.64. The number of hydrogen-bond donors (Lipinski definition) is 2. The Morgan fingerprint density at radius 1 is 1.19 bits per heavy atom. The van der Waals surface area contributed by atoms with Crippen LogP contribution in [0.4, 0.5) is 15.9 Å². The molecule has 2 heterocycles. The zero-order valence-electron chi connectivity index (χ0n) is 17.6. The number of nitrogens with zero attached hydrogens (tertiary/aromatic N) is 3. The number of ether oxygens (including phenoxy) is 2. The van der Waals surface area contributed by atoms with Gasteiger partial charge in [0.25, 0.3) is 0 Å². The van der Waals surface area contributed by atoms with Crippen molar-refractivity contribution in [3.05, 3.63) is 53.6 Å². The van der Waals surface area contributed by atoms with Gasteiger partial charge < -0.3 is 19.9 Å². The summed E-state index contributed by atoms with van der Waals surface area (Å²) in [5.41, 5.74) is 2.66. The summed E-state index contributed by atoms with van der Waals surface area (Å²) in [7, 11) is 0. The first-order chi connectivity index (χ1) is 15.1. The Labute approximate surface area is 180 Å². The van der Waals surface area contributed by atoms with Crippen LogP contribution < -0.4 is 10.1 Å². The van der Waals surface area contributed by atoms with Crippen molar-refractivity contribution in [3.63, 3.8) is 0 Å². The Bertz CT molecular complexity index is 1040. The molecular weight excluding hydrogens is 399 g/mol. The molecule has 0 saturated carbocycles. The van der Waals surface area contributed by atoms with Crippen molar-refractivity contribution in [1.29, 1.82) is 0 Å². The van der Waals surface area contributed by atoms with Crippen LogP contribution in [0, 0.1) is 12.7 Å². The molecule has 1 aliphatic rings. The molecular formula is C23H27FN4O3. The van der Waals surface area contributed by atoms with E-state index < -0.39 is 0 Å². The van der Waals surface area contributed by atoms with Gasteiger partial charge in [-0.1, -0.05) is 0 Å². The lowest BCUT2D eigenvalue weighted by atomic mass is 10.1. The minimum Gasteiger partial charge on any atom is -0.493 e. The molecule has 3 aromatic rings. The molecule has 2 N–H and O–H groups in total. The van der Waals surface area contributed by atoms with Gasteiger partial charge in [0.1, 0.15) is 23.7 Å². The zero-order chi connectivity index (χ0) is 21.6. The van der Waals surface area contributed by atoms with Crippen molar-refractivity contribution in [3.8, 4) is 5.75 Å². The lowest BCUT2D eigenvalue weighted by Crippen LogP contribution is -2.37. The van der Waals surface area contributed by atoms with Crippen molar-refractivity contribution in [2.45, 2.75) is 20.0 Å². The average Bonchev–Trinajstić information content (AvgIpc) is 2.79. The smallest absolute Gasteiger partial charge is 0.141 e. The summed E-state index contributed by atoms with van der Waals surface area (Å²) < 4.78 is 25.0. The van der Waals surface area contributed by atoms with E-state index in [-0.39, 0.29) is 12.4 Å². The first-order valence-electron chi connectivity index (χ1n) is 10.5. The SMILES string of the molecule is Cc1cc(Nc2ncnc3cc(CO)c(OCCCN4CCOCC4)cc23)ccc1F. The van der Waals surface area contributed by atoms with E-state index in [0.717, 1.165) is 50.3 Å². The number of morpholine rings is 1. The van der Waals surface area contributed by atoms with Crippen LogP contribution in [0.3, 0.4) is 0 Å². The second-order valence-electron chi connectivity index (χ2n) is 7.60. The maximum absolute atomic E-state index is 13.6. The molecule has 0 spiro atoms. The van der Waals surface area contributed by atoms with Gasteiger partial charge in [0, 0.05) is 36.3 Å². The van der Waals surface area contributed by atoms with Gasteiger partial charge in [-0.3, -0.25) is 4.90 Å². The lowest BCUT2D eigenvalue weighted by Gasteiger charge is -2.26. The summed E-state index contributed by atoms with van der Waals surface area (Å²) >= 11 is 0. The number of aryl methyl sites for hydroxylation is 1. The highest BCUT2D eigenvalue weighted by Crippen LogP contribution is 2.30. The Morgan fingerprint density at radius 3 is 2.81 bits per heavy atom. The van der Waals surface area contributed by atoms with Crippen LogP contribution in [-0.2, 0) is 11.3 Å². The number of aromatic nitrogens is 2. The van der Waals surface area contributed by atoms with E-state index in [1.807, 2.05) is 12.1 Å². The molecule has 0 aliphatic carbocycles. The topological polar surface area (TPSA) is 79.7 Å². The van der Waals surface area contributed by atoms with Gasteiger partial charge in [0.2, 0.25) is 0 Å². The van der Waals surface area contributed by atoms with Crippen molar-refractivity contribution in [2.75, 3.05) is 44.8 Å². The number of halogens is 1. The predicted molar refractivity (Wildman–Crippen MR) is 117 cm³/mol. The van der Waals surface area contributed by atoms with E-state index in [0.29, 0.717) is 34.8 Å². The number of rotatable bonds is 8. The van der Waals surface area contributed by atoms with Crippen molar-refractivity contribution in [2.24, 2.45) is 0 Å². The van der Waals surface area contributed by atoms with Crippen LogP contribution in [0.1, 0.15) is 17.5 Å². The highest BCUT2D eigenvalue weighted by atomic mass is 19.1. The minimum atomic E-state index is -0.251. The number of fused-ring (bicyclic) bond motifs is 1. The van der Waals surface area contributed by atoms with E-state index in [1.165, 1.54) is 12.4 Å². The Hall–Kier alpha value is -2.81. The second-order valence-corrected chi connectivity index (χ2v) is 7.60. The van der Waals surface area contributed by atoms with Crippen molar-refractivity contribution >= 4 is 22.4 Å².